The number of urea groups is 1. The molecular weight excluding hydrogens is 290 g/mol. The molecule has 0 aliphatic carbocycles. The van der Waals surface area contributed by atoms with Crippen molar-refractivity contribution in [3.05, 3.63) is 39.9 Å². The van der Waals surface area contributed by atoms with Crippen molar-refractivity contribution in [3.8, 4) is 0 Å². The maximum Gasteiger partial charge on any atom is 0.317 e. The molecule has 0 saturated carbocycles. The fraction of sp³-hybridized carbons (Fsp3) is 0.429. The van der Waals surface area contributed by atoms with E-state index in [0.717, 1.165) is 0 Å². The minimum Gasteiger partial charge on any atom is -0.481 e. The Kier molecular flexibility index (Phi) is 6.30. The van der Waals surface area contributed by atoms with Gasteiger partial charge in [-0.05, 0) is 12.0 Å². The van der Waals surface area contributed by atoms with Crippen LogP contribution in [0.5, 0.6) is 0 Å². The van der Waals surface area contributed by atoms with Gasteiger partial charge in [0.15, 0.2) is 0 Å². The smallest absolute Gasteiger partial charge is 0.317 e. The molecule has 8 nitrogen and oxygen atoms in total. The van der Waals surface area contributed by atoms with Crippen LogP contribution in [0.25, 0.3) is 0 Å². The van der Waals surface area contributed by atoms with E-state index < -0.39 is 16.9 Å². The Labute approximate surface area is 127 Å². The minimum atomic E-state index is -0.981. The van der Waals surface area contributed by atoms with Crippen LogP contribution in [0.4, 0.5) is 10.5 Å². The lowest BCUT2D eigenvalue weighted by Crippen LogP contribution is -2.40. The van der Waals surface area contributed by atoms with E-state index >= 15 is 0 Å². The first-order chi connectivity index (χ1) is 10.3. The van der Waals surface area contributed by atoms with Gasteiger partial charge < -0.3 is 15.3 Å². The fourth-order valence-corrected chi connectivity index (χ4v) is 1.90. The van der Waals surface area contributed by atoms with Crippen LogP contribution in [0.15, 0.2) is 24.3 Å². The van der Waals surface area contributed by atoms with E-state index in [0.29, 0.717) is 12.0 Å². The predicted molar refractivity (Wildman–Crippen MR) is 79.5 cm³/mol. The monoisotopic (exact) mass is 309 g/mol. The molecule has 0 aliphatic rings. The van der Waals surface area contributed by atoms with Gasteiger partial charge in [-0.15, -0.1) is 0 Å². The molecule has 2 amide bonds. The zero-order valence-corrected chi connectivity index (χ0v) is 12.5. The molecule has 22 heavy (non-hydrogen) atoms. The zero-order chi connectivity index (χ0) is 16.7. The standard InChI is InChI=1S/C14H19N3O5/c1-3-12(10-5-4-6-11(9-10)17(21)22)15-14(20)16(2)8-7-13(18)19/h4-6,9,12H,3,7-8H2,1-2H3,(H,15,20)(H,18,19). The van der Waals surface area contributed by atoms with Crippen LogP contribution < -0.4 is 5.32 Å². The third kappa shape index (κ3) is 5.04. The predicted octanol–water partition coefficient (Wildman–Crippen LogP) is 2.16. The molecule has 0 aromatic heterocycles. The molecule has 2 N–H and O–H groups in total. The highest BCUT2D eigenvalue weighted by molar-refractivity contribution is 5.75. The number of non-ortho nitro benzene ring substituents is 1. The molecule has 1 aromatic rings. The summed E-state index contributed by atoms with van der Waals surface area (Å²) < 4.78 is 0. The van der Waals surface area contributed by atoms with Crippen LogP contribution in [-0.2, 0) is 4.79 Å². The van der Waals surface area contributed by atoms with Gasteiger partial charge in [-0.25, -0.2) is 4.79 Å². The Balaban J connectivity index is 2.76. The largest absolute Gasteiger partial charge is 0.481 e. The van der Waals surface area contributed by atoms with Crippen LogP contribution in [0, 0.1) is 10.1 Å². The van der Waals surface area contributed by atoms with E-state index in [1.165, 1.54) is 24.1 Å². The van der Waals surface area contributed by atoms with E-state index in [9.17, 15) is 19.7 Å². The van der Waals surface area contributed by atoms with E-state index in [4.69, 9.17) is 5.11 Å². The lowest BCUT2D eigenvalue weighted by molar-refractivity contribution is -0.384. The van der Waals surface area contributed by atoms with Gasteiger partial charge in [0.25, 0.3) is 5.69 Å². The molecule has 0 heterocycles. The number of hydrogen-bond acceptors (Lipinski definition) is 4. The maximum absolute atomic E-state index is 12.0. The summed E-state index contributed by atoms with van der Waals surface area (Å²) in [5.74, 6) is -0.981. The number of carbonyl (C=O) groups excluding carboxylic acids is 1. The summed E-state index contributed by atoms with van der Waals surface area (Å²) in [4.78, 5) is 34.1. The number of rotatable bonds is 7. The maximum atomic E-state index is 12.0. The SMILES string of the molecule is CCC(NC(=O)N(C)CCC(=O)O)c1cccc([N+](=O)[O-])c1. The van der Waals surface area contributed by atoms with Gasteiger partial charge in [-0.1, -0.05) is 19.1 Å². The Hall–Kier alpha value is -2.64. The van der Waals surface area contributed by atoms with Crippen molar-refractivity contribution in [2.24, 2.45) is 0 Å². The first-order valence-electron chi connectivity index (χ1n) is 6.83. The third-order valence-electron chi connectivity index (χ3n) is 3.20. The highest BCUT2D eigenvalue weighted by Crippen LogP contribution is 2.21. The number of amides is 2. The Bertz CT molecular complexity index is 561. The number of carboxylic acids is 1. The van der Waals surface area contributed by atoms with Crippen molar-refractivity contribution in [2.75, 3.05) is 13.6 Å². The minimum absolute atomic E-state index is 0.0376. The summed E-state index contributed by atoms with van der Waals surface area (Å²) >= 11 is 0. The molecule has 0 aliphatic heterocycles. The average molecular weight is 309 g/mol. The second kappa shape index (κ2) is 7.96. The topological polar surface area (TPSA) is 113 Å². The molecule has 0 saturated heterocycles. The normalized spacial score (nSPS) is 11.5. The van der Waals surface area contributed by atoms with Crippen LogP contribution in [0.1, 0.15) is 31.4 Å². The van der Waals surface area contributed by atoms with Crippen molar-refractivity contribution in [1.82, 2.24) is 10.2 Å². The quantitative estimate of drug-likeness (QED) is 0.592. The van der Waals surface area contributed by atoms with Crippen molar-refractivity contribution >= 4 is 17.7 Å². The van der Waals surface area contributed by atoms with E-state index in [-0.39, 0.29) is 24.7 Å². The van der Waals surface area contributed by atoms with Crippen LogP contribution >= 0.6 is 0 Å². The van der Waals surface area contributed by atoms with E-state index in [1.807, 2.05) is 6.92 Å². The van der Waals surface area contributed by atoms with Gasteiger partial charge in [-0.2, -0.15) is 0 Å². The third-order valence-corrected chi connectivity index (χ3v) is 3.20. The average Bonchev–Trinajstić information content (AvgIpc) is 2.49. The molecule has 0 bridgehead atoms. The highest BCUT2D eigenvalue weighted by Gasteiger charge is 2.18. The Morgan fingerprint density at radius 2 is 2.14 bits per heavy atom. The lowest BCUT2D eigenvalue weighted by Gasteiger charge is -2.22. The van der Waals surface area contributed by atoms with E-state index in [1.54, 1.807) is 12.1 Å². The van der Waals surface area contributed by atoms with Crippen molar-refractivity contribution in [1.29, 1.82) is 0 Å². The molecule has 1 atom stereocenters. The molecule has 1 aromatic carbocycles. The number of hydrogen-bond donors (Lipinski definition) is 2. The molecule has 1 rings (SSSR count). The molecule has 8 heteroatoms. The number of carbonyl (C=O) groups is 2. The number of nitrogens with one attached hydrogen (secondary N) is 1. The van der Waals surface area contributed by atoms with Crippen LogP contribution in [-0.4, -0.2) is 40.5 Å². The summed E-state index contributed by atoms with van der Waals surface area (Å²) in [6.45, 7) is 1.94. The Morgan fingerprint density at radius 3 is 2.68 bits per heavy atom. The zero-order valence-electron chi connectivity index (χ0n) is 12.5. The first-order valence-corrected chi connectivity index (χ1v) is 6.83. The lowest BCUT2D eigenvalue weighted by atomic mass is 10.0. The molecular formula is C14H19N3O5. The number of carboxylic acid groups (broad SMARTS) is 1. The van der Waals surface area contributed by atoms with E-state index in [2.05, 4.69) is 5.32 Å². The number of nitro benzene ring substituents is 1. The van der Waals surface area contributed by atoms with Gasteiger partial charge in [0.2, 0.25) is 0 Å². The van der Waals surface area contributed by atoms with Gasteiger partial charge >= 0.3 is 12.0 Å². The number of nitrogens with zero attached hydrogens (tertiary/aromatic N) is 2. The van der Waals surface area contributed by atoms with Crippen molar-refractivity contribution in [3.63, 3.8) is 0 Å². The highest BCUT2D eigenvalue weighted by atomic mass is 16.6. The molecule has 0 spiro atoms. The summed E-state index contributed by atoms with van der Waals surface area (Å²) in [5.41, 5.74) is 0.598. The van der Waals surface area contributed by atoms with Gasteiger partial charge in [0.1, 0.15) is 0 Å². The van der Waals surface area contributed by atoms with Gasteiger partial charge in [-0.3, -0.25) is 14.9 Å². The molecule has 1 unspecified atom stereocenters. The van der Waals surface area contributed by atoms with Crippen LogP contribution in [0.3, 0.4) is 0 Å². The number of aliphatic carboxylic acids is 1. The summed E-state index contributed by atoms with van der Waals surface area (Å²) in [6, 6.07) is 5.29. The Morgan fingerprint density at radius 1 is 1.45 bits per heavy atom. The van der Waals surface area contributed by atoms with Gasteiger partial charge in [0.05, 0.1) is 17.4 Å². The molecule has 0 fully saturated rings. The second-order valence-corrected chi connectivity index (χ2v) is 4.83. The number of benzene rings is 1. The van der Waals surface area contributed by atoms with Crippen molar-refractivity contribution < 1.29 is 19.6 Å². The molecule has 120 valence electrons. The van der Waals surface area contributed by atoms with Gasteiger partial charge in [0, 0.05) is 25.7 Å². The summed E-state index contributed by atoms with van der Waals surface area (Å²) in [6.07, 6.45) is 0.414. The number of nitro groups is 1. The van der Waals surface area contributed by atoms with Crippen LogP contribution in [0.2, 0.25) is 0 Å². The first kappa shape index (κ1) is 17.4. The fourth-order valence-electron chi connectivity index (χ4n) is 1.90. The summed E-state index contributed by atoms with van der Waals surface area (Å²) in [5, 5.41) is 22.2. The summed E-state index contributed by atoms with van der Waals surface area (Å²) in [7, 11) is 1.50. The molecule has 0 radical (unpaired) electrons. The second-order valence-electron chi connectivity index (χ2n) is 4.83. The van der Waals surface area contributed by atoms with Crippen molar-refractivity contribution in [2.45, 2.75) is 25.8 Å².